The van der Waals surface area contributed by atoms with E-state index < -0.39 is 5.60 Å². The molecule has 17 heavy (non-hydrogen) atoms. The third-order valence-electron chi connectivity index (χ3n) is 3.00. The second-order valence-electron chi connectivity index (χ2n) is 5.65. The summed E-state index contributed by atoms with van der Waals surface area (Å²) >= 11 is 0. The molecule has 0 spiro atoms. The summed E-state index contributed by atoms with van der Waals surface area (Å²) in [5.74, 6) is 0.350. The van der Waals surface area contributed by atoms with E-state index in [2.05, 4.69) is 9.80 Å². The Morgan fingerprint density at radius 2 is 1.71 bits per heavy atom. The van der Waals surface area contributed by atoms with E-state index in [4.69, 9.17) is 0 Å². The molecule has 1 rings (SSSR count). The van der Waals surface area contributed by atoms with E-state index in [1.807, 2.05) is 20.8 Å². The van der Waals surface area contributed by atoms with Crippen LogP contribution in [0.25, 0.3) is 0 Å². The van der Waals surface area contributed by atoms with Gasteiger partial charge in [0.05, 0.1) is 12.1 Å². The van der Waals surface area contributed by atoms with Gasteiger partial charge in [-0.3, -0.25) is 14.6 Å². The van der Waals surface area contributed by atoms with E-state index in [0.717, 1.165) is 32.6 Å². The maximum Gasteiger partial charge on any atom is 0.146 e. The van der Waals surface area contributed by atoms with Crippen LogP contribution in [0.3, 0.4) is 0 Å². The van der Waals surface area contributed by atoms with Crippen LogP contribution in [-0.4, -0.2) is 65.6 Å². The maximum atomic E-state index is 11.5. The molecule has 0 unspecified atom stereocenters. The Kier molecular flexibility index (Phi) is 5.56. The minimum atomic E-state index is -0.625. The van der Waals surface area contributed by atoms with Crippen LogP contribution in [-0.2, 0) is 4.79 Å². The van der Waals surface area contributed by atoms with Crippen LogP contribution in [0.5, 0.6) is 0 Å². The van der Waals surface area contributed by atoms with E-state index in [1.165, 1.54) is 0 Å². The number of carbonyl (C=O) groups excluding carboxylic acids is 1. The number of rotatable bonds is 6. The predicted octanol–water partition coefficient (Wildman–Crippen LogP) is 0.744. The fourth-order valence-corrected chi connectivity index (χ4v) is 2.26. The Balaban J connectivity index is 2.24. The molecule has 1 N–H and O–H groups in total. The molecule has 1 heterocycles. The van der Waals surface area contributed by atoms with Gasteiger partial charge in [-0.2, -0.15) is 0 Å². The first kappa shape index (κ1) is 14.6. The molecule has 0 aromatic carbocycles. The summed E-state index contributed by atoms with van der Waals surface area (Å²) < 4.78 is 0. The smallest absolute Gasteiger partial charge is 0.146 e. The number of Topliss-reactive ketones (excluding diaryl/α,β-unsaturated/α-hetero) is 1. The summed E-state index contributed by atoms with van der Waals surface area (Å²) in [4.78, 5) is 16.0. The van der Waals surface area contributed by atoms with Crippen molar-refractivity contribution in [1.29, 1.82) is 0 Å². The Bertz CT molecular complexity index is 240. The number of hydrogen-bond acceptors (Lipinski definition) is 4. The lowest BCUT2D eigenvalue weighted by atomic mass is 10.1. The summed E-state index contributed by atoms with van der Waals surface area (Å²) in [6.45, 7) is 10.8. The average Bonchev–Trinajstić information content (AvgIpc) is 2.19. The van der Waals surface area contributed by atoms with Gasteiger partial charge < -0.3 is 5.11 Å². The Hall–Kier alpha value is -0.450. The van der Waals surface area contributed by atoms with Crippen molar-refractivity contribution in [3.8, 4) is 0 Å². The molecule has 1 fully saturated rings. The molecule has 1 aliphatic rings. The molecule has 0 radical (unpaired) electrons. The number of β-amino-alcohol motifs (C(OH)–C–C–N with tert-alkyl or cyclic N) is 1. The molecule has 0 atom stereocenters. The van der Waals surface area contributed by atoms with Crippen molar-refractivity contribution >= 4 is 5.78 Å². The van der Waals surface area contributed by atoms with Gasteiger partial charge in [-0.1, -0.05) is 6.92 Å². The van der Waals surface area contributed by atoms with E-state index in [0.29, 0.717) is 25.3 Å². The molecule has 0 amide bonds. The molecular formula is C13H26N2O2. The molecule has 0 aromatic rings. The van der Waals surface area contributed by atoms with Crippen LogP contribution in [0.1, 0.15) is 33.6 Å². The average molecular weight is 242 g/mol. The topological polar surface area (TPSA) is 43.8 Å². The SMILES string of the molecule is CCCC(=O)CN1CCN(CC(C)(C)O)CC1. The van der Waals surface area contributed by atoms with Crippen LogP contribution in [0.2, 0.25) is 0 Å². The van der Waals surface area contributed by atoms with Crippen LogP contribution in [0.15, 0.2) is 0 Å². The fraction of sp³-hybridized carbons (Fsp3) is 0.923. The number of nitrogens with zero attached hydrogens (tertiary/aromatic N) is 2. The minimum absolute atomic E-state index is 0.350. The summed E-state index contributed by atoms with van der Waals surface area (Å²) in [5, 5.41) is 9.74. The second-order valence-corrected chi connectivity index (χ2v) is 5.65. The zero-order valence-electron chi connectivity index (χ0n) is 11.4. The molecule has 0 bridgehead atoms. The predicted molar refractivity (Wildman–Crippen MR) is 69.1 cm³/mol. The van der Waals surface area contributed by atoms with E-state index in [9.17, 15) is 9.90 Å². The van der Waals surface area contributed by atoms with Crippen LogP contribution >= 0.6 is 0 Å². The molecule has 1 aliphatic heterocycles. The third-order valence-corrected chi connectivity index (χ3v) is 3.00. The van der Waals surface area contributed by atoms with Gasteiger partial charge in [0.1, 0.15) is 5.78 Å². The van der Waals surface area contributed by atoms with Gasteiger partial charge in [-0.15, -0.1) is 0 Å². The molecule has 100 valence electrons. The number of hydrogen-bond donors (Lipinski definition) is 1. The van der Waals surface area contributed by atoms with Crippen LogP contribution in [0, 0.1) is 0 Å². The van der Waals surface area contributed by atoms with Gasteiger partial charge in [-0.05, 0) is 20.3 Å². The van der Waals surface area contributed by atoms with Crippen molar-refractivity contribution in [3.63, 3.8) is 0 Å². The van der Waals surface area contributed by atoms with Crippen molar-refractivity contribution in [1.82, 2.24) is 9.80 Å². The van der Waals surface area contributed by atoms with E-state index >= 15 is 0 Å². The second kappa shape index (κ2) is 6.47. The molecular weight excluding hydrogens is 216 g/mol. The lowest BCUT2D eigenvalue weighted by molar-refractivity contribution is -0.120. The van der Waals surface area contributed by atoms with Crippen molar-refractivity contribution < 1.29 is 9.90 Å². The minimum Gasteiger partial charge on any atom is -0.389 e. The Morgan fingerprint density at radius 3 is 2.18 bits per heavy atom. The first-order chi connectivity index (χ1) is 7.90. The van der Waals surface area contributed by atoms with Crippen molar-refractivity contribution in [2.75, 3.05) is 39.3 Å². The highest BCUT2D eigenvalue weighted by Crippen LogP contribution is 2.08. The first-order valence-electron chi connectivity index (χ1n) is 6.59. The zero-order valence-corrected chi connectivity index (χ0v) is 11.4. The van der Waals surface area contributed by atoms with Gasteiger partial charge in [0.15, 0.2) is 0 Å². The highest BCUT2D eigenvalue weighted by molar-refractivity contribution is 5.80. The number of ketones is 1. The fourth-order valence-electron chi connectivity index (χ4n) is 2.26. The van der Waals surface area contributed by atoms with Gasteiger partial charge in [0.2, 0.25) is 0 Å². The largest absolute Gasteiger partial charge is 0.389 e. The van der Waals surface area contributed by atoms with Crippen molar-refractivity contribution in [2.45, 2.75) is 39.2 Å². The summed E-state index contributed by atoms with van der Waals surface area (Å²) in [7, 11) is 0. The van der Waals surface area contributed by atoms with Crippen molar-refractivity contribution in [2.24, 2.45) is 0 Å². The third kappa shape index (κ3) is 6.15. The Morgan fingerprint density at radius 1 is 1.18 bits per heavy atom. The quantitative estimate of drug-likeness (QED) is 0.746. The summed E-state index contributed by atoms with van der Waals surface area (Å²) in [5.41, 5.74) is -0.625. The van der Waals surface area contributed by atoms with E-state index in [-0.39, 0.29) is 0 Å². The lowest BCUT2D eigenvalue weighted by Gasteiger charge is -2.37. The molecule has 1 saturated heterocycles. The lowest BCUT2D eigenvalue weighted by Crippen LogP contribution is -2.51. The summed E-state index contributed by atoms with van der Waals surface area (Å²) in [6.07, 6.45) is 1.64. The Labute approximate surface area is 105 Å². The van der Waals surface area contributed by atoms with Gasteiger partial charge in [0.25, 0.3) is 0 Å². The number of piperazine rings is 1. The molecule has 0 aromatic heterocycles. The number of aliphatic hydroxyl groups is 1. The van der Waals surface area contributed by atoms with Crippen LogP contribution < -0.4 is 0 Å². The molecule has 0 saturated carbocycles. The van der Waals surface area contributed by atoms with Gasteiger partial charge in [0, 0.05) is 39.1 Å². The zero-order chi connectivity index (χ0) is 12.9. The normalized spacial score (nSPS) is 19.5. The summed E-state index contributed by atoms with van der Waals surface area (Å²) in [6, 6.07) is 0. The highest BCUT2D eigenvalue weighted by Gasteiger charge is 2.23. The first-order valence-corrected chi connectivity index (χ1v) is 6.59. The highest BCUT2D eigenvalue weighted by atomic mass is 16.3. The number of carbonyl (C=O) groups is 1. The van der Waals surface area contributed by atoms with Gasteiger partial charge >= 0.3 is 0 Å². The standard InChI is InChI=1S/C13H26N2O2/c1-4-5-12(16)10-14-6-8-15(9-7-14)11-13(2,3)17/h17H,4-11H2,1-3H3. The van der Waals surface area contributed by atoms with Crippen LogP contribution in [0.4, 0.5) is 0 Å². The molecule has 4 heteroatoms. The monoisotopic (exact) mass is 242 g/mol. The van der Waals surface area contributed by atoms with E-state index in [1.54, 1.807) is 0 Å². The molecule has 0 aliphatic carbocycles. The molecule has 4 nitrogen and oxygen atoms in total. The van der Waals surface area contributed by atoms with Gasteiger partial charge in [-0.25, -0.2) is 0 Å². The van der Waals surface area contributed by atoms with Crippen molar-refractivity contribution in [3.05, 3.63) is 0 Å². The maximum absolute atomic E-state index is 11.5.